The Labute approximate surface area is 107 Å². The number of likely N-dealkylation sites (tertiary alicyclic amines) is 1. The van der Waals surface area contributed by atoms with Gasteiger partial charge >= 0.3 is 0 Å². The van der Waals surface area contributed by atoms with E-state index >= 15 is 0 Å². The van der Waals surface area contributed by atoms with Gasteiger partial charge in [0.15, 0.2) is 0 Å². The molecule has 100 valence electrons. The lowest BCUT2D eigenvalue weighted by Gasteiger charge is -2.43. The van der Waals surface area contributed by atoms with Gasteiger partial charge in [0.25, 0.3) is 0 Å². The molecule has 0 aromatic heterocycles. The molecular formula is C15H30N2. The summed E-state index contributed by atoms with van der Waals surface area (Å²) in [5.74, 6) is 3.32. The summed E-state index contributed by atoms with van der Waals surface area (Å²) in [5, 5.41) is 0. The fraction of sp³-hybridized carbons (Fsp3) is 1.00. The molecule has 0 radical (unpaired) electrons. The van der Waals surface area contributed by atoms with Gasteiger partial charge in [0.1, 0.15) is 0 Å². The van der Waals surface area contributed by atoms with E-state index in [9.17, 15) is 0 Å². The first-order chi connectivity index (χ1) is 7.99. The molecule has 1 aliphatic heterocycles. The van der Waals surface area contributed by atoms with Gasteiger partial charge in [0, 0.05) is 18.6 Å². The third-order valence-electron chi connectivity index (χ3n) is 5.09. The standard InChI is InChI=1S/C15H30N2/c1-10(2)13-5-6-17(9-13)15-12(4)7-11(3)8-14(15)16/h10-15H,5-9,16H2,1-4H3. The molecule has 2 aliphatic rings. The van der Waals surface area contributed by atoms with Crippen molar-refractivity contribution in [1.82, 2.24) is 4.90 Å². The monoisotopic (exact) mass is 238 g/mol. The Morgan fingerprint density at radius 2 is 1.88 bits per heavy atom. The molecule has 1 saturated carbocycles. The SMILES string of the molecule is CC1CC(C)C(N2CCC(C(C)C)C2)C(N)C1. The number of nitrogens with two attached hydrogens (primary N) is 1. The van der Waals surface area contributed by atoms with Gasteiger partial charge in [0.2, 0.25) is 0 Å². The first-order valence-corrected chi connectivity index (χ1v) is 7.48. The van der Waals surface area contributed by atoms with Gasteiger partial charge in [-0.25, -0.2) is 0 Å². The van der Waals surface area contributed by atoms with Crippen LogP contribution < -0.4 is 5.73 Å². The van der Waals surface area contributed by atoms with Crippen LogP contribution in [0.5, 0.6) is 0 Å². The maximum Gasteiger partial charge on any atom is 0.0273 e. The van der Waals surface area contributed by atoms with Crippen LogP contribution in [0, 0.1) is 23.7 Å². The summed E-state index contributed by atoms with van der Waals surface area (Å²) < 4.78 is 0. The average molecular weight is 238 g/mol. The summed E-state index contributed by atoms with van der Waals surface area (Å²) in [6.07, 6.45) is 3.96. The van der Waals surface area contributed by atoms with Crippen molar-refractivity contribution in [3.63, 3.8) is 0 Å². The van der Waals surface area contributed by atoms with Crippen LogP contribution in [0.4, 0.5) is 0 Å². The number of rotatable bonds is 2. The minimum atomic E-state index is 0.402. The Hall–Kier alpha value is -0.0800. The Bertz CT molecular complexity index is 239. The van der Waals surface area contributed by atoms with Gasteiger partial charge in [-0.2, -0.15) is 0 Å². The topological polar surface area (TPSA) is 29.3 Å². The fourth-order valence-corrected chi connectivity index (χ4v) is 4.16. The van der Waals surface area contributed by atoms with Gasteiger partial charge in [-0.15, -0.1) is 0 Å². The zero-order valence-corrected chi connectivity index (χ0v) is 12.0. The van der Waals surface area contributed by atoms with Gasteiger partial charge in [-0.05, 0) is 49.5 Å². The van der Waals surface area contributed by atoms with E-state index in [1.54, 1.807) is 0 Å². The van der Waals surface area contributed by atoms with Gasteiger partial charge < -0.3 is 5.73 Å². The van der Waals surface area contributed by atoms with Gasteiger partial charge in [-0.3, -0.25) is 4.90 Å². The number of hydrogen-bond donors (Lipinski definition) is 1. The summed E-state index contributed by atoms with van der Waals surface area (Å²) in [5.41, 5.74) is 6.42. The minimum Gasteiger partial charge on any atom is -0.326 e. The van der Waals surface area contributed by atoms with E-state index in [1.807, 2.05) is 0 Å². The van der Waals surface area contributed by atoms with Crippen molar-refractivity contribution in [3.8, 4) is 0 Å². The van der Waals surface area contributed by atoms with E-state index in [0.717, 1.165) is 23.7 Å². The molecular weight excluding hydrogens is 208 g/mol. The molecule has 2 nitrogen and oxygen atoms in total. The molecule has 0 aromatic rings. The lowest BCUT2D eigenvalue weighted by Crippen LogP contribution is -2.54. The van der Waals surface area contributed by atoms with Crippen LogP contribution in [-0.2, 0) is 0 Å². The zero-order valence-electron chi connectivity index (χ0n) is 12.0. The Morgan fingerprint density at radius 1 is 1.18 bits per heavy atom. The predicted octanol–water partition coefficient (Wildman–Crippen LogP) is 2.73. The summed E-state index contributed by atoms with van der Waals surface area (Å²) in [6, 6.07) is 1.05. The van der Waals surface area contributed by atoms with Crippen LogP contribution >= 0.6 is 0 Å². The summed E-state index contributed by atoms with van der Waals surface area (Å²) in [6.45, 7) is 12.0. The van der Waals surface area contributed by atoms with Crippen LogP contribution in [0.3, 0.4) is 0 Å². The van der Waals surface area contributed by atoms with Crippen molar-refractivity contribution in [3.05, 3.63) is 0 Å². The van der Waals surface area contributed by atoms with Crippen molar-refractivity contribution in [2.75, 3.05) is 13.1 Å². The first-order valence-electron chi connectivity index (χ1n) is 7.48. The molecule has 1 aliphatic carbocycles. The molecule has 17 heavy (non-hydrogen) atoms. The van der Waals surface area contributed by atoms with Crippen LogP contribution in [0.25, 0.3) is 0 Å². The Balaban J connectivity index is 1.98. The summed E-state index contributed by atoms with van der Waals surface area (Å²) in [4.78, 5) is 2.70. The molecule has 2 N–H and O–H groups in total. The van der Waals surface area contributed by atoms with Crippen LogP contribution in [0.2, 0.25) is 0 Å². The quantitative estimate of drug-likeness (QED) is 0.801. The molecule has 0 amide bonds. The first kappa shape index (κ1) is 13.4. The molecule has 2 fully saturated rings. The second-order valence-corrected chi connectivity index (χ2v) is 7.00. The fourth-order valence-electron chi connectivity index (χ4n) is 4.16. The Kier molecular flexibility index (Phi) is 4.14. The Morgan fingerprint density at radius 3 is 2.41 bits per heavy atom. The van der Waals surface area contributed by atoms with Crippen LogP contribution in [0.15, 0.2) is 0 Å². The van der Waals surface area contributed by atoms with E-state index in [0.29, 0.717) is 12.1 Å². The van der Waals surface area contributed by atoms with Crippen molar-refractivity contribution >= 4 is 0 Å². The largest absolute Gasteiger partial charge is 0.326 e. The maximum absolute atomic E-state index is 6.42. The highest BCUT2D eigenvalue weighted by molar-refractivity contribution is 4.95. The second kappa shape index (κ2) is 5.27. The average Bonchev–Trinajstić information content (AvgIpc) is 2.65. The molecule has 5 atom stereocenters. The van der Waals surface area contributed by atoms with E-state index in [1.165, 1.54) is 32.4 Å². The molecule has 0 spiro atoms. The highest BCUT2D eigenvalue weighted by Gasteiger charge is 2.39. The highest BCUT2D eigenvalue weighted by atomic mass is 15.2. The third kappa shape index (κ3) is 2.85. The van der Waals surface area contributed by atoms with E-state index in [-0.39, 0.29) is 0 Å². The van der Waals surface area contributed by atoms with Crippen molar-refractivity contribution < 1.29 is 0 Å². The van der Waals surface area contributed by atoms with Gasteiger partial charge in [0.05, 0.1) is 0 Å². The smallest absolute Gasteiger partial charge is 0.0273 e. The second-order valence-electron chi connectivity index (χ2n) is 7.00. The number of nitrogens with zero attached hydrogens (tertiary/aromatic N) is 1. The highest BCUT2D eigenvalue weighted by Crippen LogP contribution is 2.35. The zero-order chi connectivity index (χ0) is 12.6. The van der Waals surface area contributed by atoms with Crippen LogP contribution in [-0.4, -0.2) is 30.1 Å². The minimum absolute atomic E-state index is 0.402. The van der Waals surface area contributed by atoms with Crippen molar-refractivity contribution in [1.29, 1.82) is 0 Å². The van der Waals surface area contributed by atoms with E-state index in [2.05, 4.69) is 32.6 Å². The maximum atomic E-state index is 6.42. The normalized spacial score (nSPS) is 44.5. The molecule has 0 bridgehead atoms. The summed E-state index contributed by atoms with van der Waals surface area (Å²) >= 11 is 0. The predicted molar refractivity (Wildman–Crippen MR) is 73.8 cm³/mol. The molecule has 1 heterocycles. The lowest BCUT2D eigenvalue weighted by atomic mass is 9.76. The van der Waals surface area contributed by atoms with Crippen molar-refractivity contribution in [2.45, 2.75) is 59.0 Å². The summed E-state index contributed by atoms with van der Waals surface area (Å²) in [7, 11) is 0. The third-order valence-corrected chi connectivity index (χ3v) is 5.09. The molecule has 2 rings (SSSR count). The number of hydrogen-bond acceptors (Lipinski definition) is 2. The molecule has 2 heteroatoms. The van der Waals surface area contributed by atoms with E-state index < -0.39 is 0 Å². The van der Waals surface area contributed by atoms with Gasteiger partial charge in [-0.1, -0.05) is 27.7 Å². The van der Waals surface area contributed by atoms with Crippen LogP contribution in [0.1, 0.15) is 47.0 Å². The van der Waals surface area contributed by atoms with E-state index in [4.69, 9.17) is 5.73 Å². The molecule has 1 saturated heterocycles. The molecule has 5 unspecified atom stereocenters. The lowest BCUT2D eigenvalue weighted by molar-refractivity contribution is 0.0899. The van der Waals surface area contributed by atoms with Crippen molar-refractivity contribution in [2.24, 2.45) is 29.4 Å². The molecule has 0 aromatic carbocycles.